The molecule has 0 fully saturated rings. The minimum atomic E-state index is -1.84. The normalized spacial score (nSPS) is 17.9. The van der Waals surface area contributed by atoms with E-state index in [9.17, 15) is 0 Å². The lowest BCUT2D eigenvalue weighted by atomic mass is 10.9. The summed E-state index contributed by atoms with van der Waals surface area (Å²) in [7, 11) is 1.58. The maximum Gasteiger partial charge on any atom is 0.185 e. The van der Waals surface area contributed by atoms with E-state index >= 15 is 0 Å². The summed E-state index contributed by atoms with van der Waals surface area (Å²) in [6.07, 6.45) is 0. The van der Waals surface area contributed by atoms with Crippen molar-refractivity contribution in [2.75, 3.05) is 20.4 Å². The van der Waals surface area contributed by atoms with Gasteiger partial charge in [-0.1, -0.05) is 0 Å². The van der Waals surface area contributed by atoms with Gasteiger partial charge < -0.3 is 9.05 Å². The van der Waals surface area contributed by atoms with Gasteiger partial charge in [0.25, 0.3) is 0 Å². The molecule has 8 heavy (non-hydrogen) atoms. The maximum atomic E-state index is 5.08. The lowest BCUT2D eigenvalue weighted by Crippen LogP contribution is -1.87. The first-order valence-electron chi connectivity index (χ1n) is 2.40. The molecule has 0 N–H and O–H groups in total. The van der Waals surface area contributed by atoms with Gasteiger partial charge in [-0.3, -0.25) is 0 Å². The van der Waals surface area contributed by atoms with Crippen molar-refractivity contribution in [3.8, 4) is 0 Å². The second-order valence-corrected chi connectivity index (χ2v) is 5.53. The first-order valence-corrected chi connectivity index (χ1v) is 5.48. The summed E-state index contributed by atoms with van der Waals surface area (Å²) in [6, 6.07) is 0. The second-order valence-electron chi connectivity index (χ2n) is 1.37. The van der Waals surface area contributed by atoms with Crippen LogP contribution < -0.4 is 0 Å². The average Bonchev–Trinajstić information content (AvgIpc) is 1.67. The van der Waals surface area contributed by atoms with Gasteiger partial charge in [-0.15, -0.1) is 0 Å². The van der Waals surface area contributed by atoms with Crippen molar-refractivity contribution in [1.82, 2.24) is 0 Å². The predicted octanol–water partition coefficient (Wildman–Crippen LogP) is 1.61. The highest BCUT2D eigenvalue weighted by Crippen LogP contribution is 2.42. The van der Waals surface area contributed by atoms with E-state index in [1.165, 1.54) is 0 Å². The fraction of sp³-hybridized carbons (Fsp3) is 1.00. The first-order chi connectivity index (χ1) is 3.62. The topological polar surface area (TPSA) is 18.5 Å². The molecule has 2 nitrogen and oxygen atoms in total. The molecule has 0 aromatic rings. The van der Waals surface area contributed by atoms with Gasteiger partial charge in [0, 0.05) is 13.8 Å². The summed E-state index contributed by atoms with van der Waals surface area (Å²) in [5, 5.41) is 0. The summed E-state index contributed by atoms with van der Waals surface area (Å²) in [4.78, 5) is 0. The van der Waals surface area contributed by atoms with Gasteiger partial charge in [0.1, 0.15) is 0 Å². The van der Waals surface area contributed by atoms with Crippen LogP contribution in [0.5, 0.6) is 0 Å². The third kappa shape index (κ3) is 3.56. The van der Waals surface area contributed by atoms with Gasteiger partial charge in [0.2, 0.25) is 0 Å². The second kappa shape index (κ2) is 3.57. The van der Waals surface area contributed by atoms with E-state index in [0.29, 0.717) is 6.61 Å². The summed E-state index contributed by atoms with van der Waals surface area (Å²) in [5.74, 6) is 0. The highest BCUT2D eigenvalue weighted by Gasteiger charge is 2.04. The van der Waals surface area contributed by atoms with E-state index in [0.717, 1.165) is 0 Å². The summed E-state index contributed by atoms with van der Waals surface area (Å²) in [6.45, 7) is 2.52. The molecule has 50 valence electrons. The maximum absolute atomic E-state index is 5.08. The minimum Gasteiger partial charge on any atom is -0.333 e. The Morgan fingerprint density at radius 1 is 1.62 bits per heavy atom. The molecular weight excluding hydrogens is 143 g/mol. The quantitative estimate of drug-likeness (QED) is 0.575. The SMILES string of the molecule is CCOP(C)(=S)OC. The Bertz CT molecular complexity index is 104. The molecule has 0 spiro atoms. The van der Waals surface area contributed by atoms with Gasteiger partial charge in [-0.05, 0) is 18.7 Å². The Balaban J connectivity index is 3.55. The van der Waals surface area contributed by atoms with Crippen LogP contribution in [0.3, 0.4) is 0 Å². The Morgan fingerprint density at radius 3 is 2.25 bits per heavy atom. The zero-order valence-corrected chi connectivity index (χ0v) is 7.09. The third-order valence-corrected chi connectivity index (χ3v) is 2.85. The van der Waals surface area contributed by atoms with Gasteiger partial charge >= 0.3 is 0 Å². The molecule has 0 bridgehead atoms. The average molecular weight is 154 g/mol. The zero-order valence-electron chi connectivity index (χ0n) is 5.38. The van der Waals surface area contributed by atoms with Gasteiger partial charge in [-0.2, -0.15) is 0 Å². The lowest BCUT2D eigenvalue weighted by Gasteiger charge is -2.12. The van der Waals surface area contributed by atoms with Crippen molar-refractivity contribution < 1.29 is 9.05 Å². The molecule has 1 unspecified atom stereocenters. The van der Waals surface area contributed by atoms with Crippen LogP contribution in [0.25, 0.3) is 0 Å². The van der Waals surface area contributed by atoms with Crippen molar-refractivity contribution in [2.45, 2.75) is 6.92 Å². The number of hydrogen-bond acceptors (Lipinski definition) is 3. The fourth-order valence-electron chi connectivity index (χ4n) is 0.287. The number of hydrogen-bond donors (Lipinski definition) is 0. The smallest absolute Gasteiger partial charge is 0.185 e. The van der Waals surface area contributed by atoms with Crippen LogP contribution in [0.2, 0.25) is 0 Å². The van der Waals surface area contributed by atoms with Crippen molar-refractivity contribution in [3.05, 3.63) is 0 Å². The van der Waals surface area contributed by atoms with E-state index in [2.05, 4.69) is 0 Å². The molecule has 0 aliphatic heterocycles. The van der Waals surface area contributed by atoms with Crippen LogP contribution in [0.4, 0.5) is 0 Å². The summed E-state index contributed by atoms with van der Waals surface area (Å²) < 4.78 is 9.96. The van der Waals surface area contributed by atoms with Crippen molar-refractivity contribution >= 4 is 18.3 Å². The van der Waals surface area contributed by atoms with Crippen LogP contribution in [-0.2, 0) is 20.9 Å². The molecule has 0 saturated heterocycles. The van der Waals surface area contributed by atoms with Crippen molar-refractivity contribution in [3.63, 3.8) is 0 Å². The van der Waals surface area contributed by atoms with E-state index < -0.39 is 6.49 Å². The van der Waals surface area contributed by atoms with Crippen LogP contribution in [0.15, 0.2) is 0 Å². The monoisotopic (exact) mass is 154 g/mol. The molecule has 0 amide bonds. The standard InChI is InChI=1S/C4H11O2PS/c1-4-6-7(3,8)5-2/h4H2,1-3H3. The summed E-state index contributed by atoms with van der Waals surface area (Å²) >= 11 is 4.91. The largest absolute Gasteiger partial charge is 0.333 e. The highest BCUT2D eigenvalue weighted by atomic mass is 32.5. The van der Waals surface area contributed by atoms with Gasteiger partial charge in [-0.25, -0.2) is 0 Å². The lowest BCUT2D eigenvalue weighted by molar-refractivity contribution is 0.300. The molecule has 0 aliphatic rings. The van der Waals surface area contributed by atoms with Gasteiger partial charge in [0.05, 0.1) is 6.61 Å². The molecule has 0 rings (SSSR count). The fourth-order valence-corrected chi connectivity index (χ4v) is 1.18. The molecule has 1 atom stereocenters. The molecule has 0 radical (unpaired) electrons. The Hall–Kier alpha value is 0.570. The Labute approximate surface area is 55.4 Å². The van der Waals surface area contributed by atoms with Crippen LogP contribution in [0, 0.1) is 0 Å². The minimum absolute atomic E-state index is 0.640. The van der Waals surface area contributed by atoms with E-state index in [1.54, 1.807) is 7.11 Å². The molecule has 4 heteroatoms. The zero-order chi connectivity index (χ0) is 6.62. The van der Waals surface area contributed by atoms with Gasteiger partial charge in [0.15, 0.2) is 6.49 Å². The first kappa shape index (κ1) is 8.57. The Morgan fingerprint density at radius 2 is 2.12 bits per heavy atom. The van der Waals surface area contributed by atoms with E-state index in [4.69, 9.17) is 20.9 Å². The third-order valence-electron chi connectivity index (χ3n) is 0.695. The van der Waals surface area contributed by atoms with Crippen LogP contribution in [-0.4, -0.2) is 20.4 Å². The van der Waals surface area contributed by atoms with E-state index in [1.807, 2.05) is 13.6 Å². The van der Waals surface area contributed by atoms with Crippen LogP contribution in [0.1, 0.15) is 6.92 Å². The molecule has 0 saturated carbocycles. The molecule has 0 aromatic carbocycles. The summed E-state index contributed by atoms with van der Waals surface area (Å²) in [5.41, 5.74) is 0. The predicted molar refractivity (Wildman–Crippen MR) is 38.8 cm³/mol. The Kier molecular flexibility index (Phi) is 3.82. The van der Waals surface area contributed by atoms with Crippen molar-refractivity contribution in [1.29, 1.82) is 0 Å². The van der Waals surface area contributed by atoms with E-state index in [-0.39, 0.29) is 0 Å². The molecule has 0 heterocycles. The van der Waals surface area contributed by atoms with Crippen molar-refractivity contribution in [2.24, 2.45) is 0 Å². The van der Waals surface area contributed by atoms with Crippen LogP contribution >= 0.6 is 6.49 Å². The molecule has 0 aliphatic carbocycles. The highest BCUT2D eigenvalue weighted by molar-refractivity contribution is 8.09. The number of rotatable bonds is 3. The molecular formula is C4H11O2PS. The molecule has 0 aromatic heterocycles.